The molecule has 1 aromatic rings. The average molecular weight is 293 g/mol. The summed E-state index contributed by atoms with van der Waals surface area (Å²) in [6, 6.07) is 5.99. The van der Waals surface area contributed by atoms with Crippen LogP contribution in [-0.4, -0.2) is 23.0 Å². The van der Waals surface area contributed by atoms with Crippen molar-refractivity contribution in [3.05, 3.63) is 35.6 Å². The molecule has 5 heteroatoms. The molecular formula is C16H20FNO3. The second kappa shape index (κ2) is 5.84. The van der Waals surface area contributed by atoms with E-state index in [1.807, 2.05) is 0 Å². The summed E-state index contributed by atoms with van der Waals surface area (Å²) in [6.07, 6.45) is 1.78. The van der Waals surface area contributed by atoms with E-state index in [9.17, 15) is 14.0 Å². The fourth-order valence-corrected chi connectivity index (χ4v) is 2.34. The van der Waals surface area contributed by atoms with E-state index in [0.29, 0.717) is 24.8 Å². The Bertz CT molecular complexity index is 554. The number of carboxylic acids is 1. The predicted molar refractivity (Wildman–Crippen MR) is 76.2 cm³/mol. The van der Waals surface area contributed by atoms with Gasteiger partial charge >= 0.3 is 5.97 Å². The van der Waals surface area contributed by atoms with E-state index in [1.54, 1.807) is 32.0 Å². The summed E-state index contributed by atoms with van der Waals surface area (Å²) < 4.78 is 13.7. The highest BCUT2D eigenvalue weighted by molar-refractivity contribution is 5.86. The molecule has 1 aliphatic carbocycles. The van der Waals surface area contributed by atoms with Crippen LogP contribution in [-0.2, 0) is 16.0 Å². The number of carbonyl (C=O) groups excluding carboxylic acids is 1. The van der Waals surface area contributed by atoms with Crippen molar-refractivity contribution in [1.29, 1.82) is 0 Å². The lowest BCUT2D eigenvalue weighted by molar-refractivity contribution is -0.142. The number of nitrogens with one attached hydrogen (secondary N) is 1. The van der Waals surface area contributed by atoms with Crippen molar-refractivity contribution in [2.24, 2.45) is 11.3 Å². The van der Waals surface area contributed by atoms with Crippen LogP contribution in [0.3, 0.4) is 0 Å². The van der Waals surface area contributed by atoms with Gasteiger partial charge in [-0.2, -0.15) is 0 Å². The molecule has 2 N–H and O–H groups in total. The average Bonchev–Trinajstić information content (AvgIpc) is 3.21. The van der Waals surface area contributed by atoms with Crippen molar-refractivity contribution >= 4 is 11.9 Å². The molecule has 2 atom stereocenters. The van der Waals surface area contributed by atoms with Crippen molar-refractivity contribution in [2.45, 2.75) is 39.2 Å². The quantitative estimate of drug-likeness (QED) is 0.846. The van der Waals surface area contributed by atoms with E-state index in [1.165, 1.54) is 6.07 Å². The molecular weight excluding hydrogens is 273 g/mol. The number of halogens is 1. The zero-order chi connectivity index (χ0) is 15.6. The van der Waals surface area contributed by atoms with Gasteiger partial charge in [0.15, 0.2) is 0 Å². The summed E-state index contributed by atoms with van der Waals surface area (Å²) in [5.74, 6) is -2.07. The molecule has 0 radical (unpaired) electrons. The summed E-state index contributed by atoms with van der Waals surface area (Å²) >= 11 is 0. The minimum atomic E-state index is -0.943. The summed E-state index contributed by atoms with van der Waals surface area (Å²) in [7, 11) is 0. The number of hydrogen-bond donors (Lipinski definition) is 2. The van der Waals surface area contributed by atoms with E-state index in [-0.39, 0.29) is 11.7 Å². The van der Waals surface area contributed by atoms with Gasteiger partial charge in [-0.25, -0.2) is 4.39 Å². The third kappa shape index (κ3) is 3.40. The van der Waals surface area contributed by atoms with Crippen molar-refractivity contribution in [1.82, 2.24) is 5.32 Å². The Kier molecular flexibility index (Phi) is 4.30. The van der Waals surface area contributed by atoms with Crippen LogP contribution in [0.15, 0.2) is 24.3 Å². The standard InChI is InChI=1S/C16H20FNO3/c1-10(14(19)20)11(2)18-15(21)16(7-8-16)9-12-5-3-4-6-13(12)17/h3-6,10-11H,7-9H2,1-2H3,(H,18,21)(H,19,20). The molecule has 0 aromatic heterocycles. The van der Waals surface area contributed by atoms with Gasteiger partial charge < -0.3 is 10.4 Å². The van der Waals surface area contributed by atoms with Crippen LogP contribution in [0.1, 0.15) is 32.3 Å². The zero-order valence-electron chi connectivity index (χ0n) is 12.2. The number of rotatable bonds is 6. The first-order valence-corrected chi connectivity index (χ1v) is 7.13. The molecule has 21 heavy (non-hydrogen) atoms. The minimum Gasteiger partial charge on any atom is -0.481 e. The number of carbonyl (C=O) groups is 2. The molecule has 1 saturated carbocycles. The largest absolute Gasteiger partial charge is 0.481 e. The van der Waals surface area contributed by atoms with Gasteiger partial charge in [-0.15, -0.1) is 0 Å². The van der Waals surface area contributed by atoms with Gasteiger partial charge in [0.05, 0.1) is 11.3 Å². The molecule has 1 aliphatic rings. The lowest BCUT2D eigenvalue weighted by atomic mass is 9.94. The van der Waals surface area contributed by atoms with E-state index in [4.69, 9.17) is 5.11 Å². The van der Waals surface area contributed by atoms with Crippen LogP contribution < -0.4 is 5.32 Å². The number of benzene rings is 1. The first-order chi connectivity index (χ1) is 9.85. The smallest absolute Gasteiger partial charge is 0.308 e. The van der Waals surface area contributed by atoms with Crippen LogP contribution in [0.25, 0.3) is 0 Å². The third-order valence-corrected chi connectivity index (χ3v) is 4.32. The van der Waals surface area contributed by atoms with Crippen LogP contribution in [0.2, 0.25) is 0 Å². The van der Waals surface area contributed by atoms with E-state index < -0.39 is 23.3 Å². The SMILES string of the molecule is CC(NC(=O)C1(Cc2ccccc2F)CC1)C(C)C(=O)O. The highest BCUT2D eigenvalue weighted by Gasteiger charge is 2.50. The zero-order valence-corrected chi connectivity index (χ0v) is 12.2. The lowest BCUT2D eigenvalue weighted by Crippen LogP contribution is -2.44. The molecule has 4 nitrogen and oxygen atoms in total. The maximum atomic E-state index is 13.7. The Morgan fingerprint density at radius 1 is 1.33 bits per heavy atom. The second-order valence-corrected chi connectivity index (χ2v) is 5.94. The van der Waals surface area contributed by atoms with Crippen LogP contribution >= 0.6 is 0 Å². The van der Waals surface area contributed by atoms with Crippen LogP contribution in [0.5, 0.6) is 0 Å². The van der Waals surface area contributed by atoms with Crippen molar-refractivity contribution in [2.75, 3.05) is 0 Å². The van der Waals surface area contributed by atoms with Gasteiger partial charge in [0.1, 0.15) is 5.82 Å². The number of carboxylic acid groups (broad SMARTS) is 1. The molecule has 1 aromatic carbocycles. The van der Waals surface area contributed by atoms with Gasteiger partial charge in [-0.05, 0) is 44.7 Å². The Morgan fingerprint density at radius 3 is 2.48 bits per heavy atom. The molecule has 114 valence electrons. The maximum absolute atomic E-state index is 13.7. The van der Waals surface area contributed by atoms with E-state index >= 15 is 0 Å². The summed E-state index contributed by atoms with van der Waals surface area (Å²) in [5, 5.41) is 11.7. The number of amides is 1. The number of hydrogen-bond acceptors (Lipinski definition) is 2. The summed E-state index contributed by atoms with van der Waals surface area (Å²) in [5.41, 5.74) is -0.0432. The third-order valence-electron chi connectivity index (χ3n) is 4.32. The van der Waals surface area contributed by atoms with Gasteiger partial charge in [-0.3, -0.25) is 9.59 Å². The topological polar surface area (TPSA) is 66.4 Å². The van der Waals surface area contributed by atoms with Gasteiger partial charge in [0.25, 0.3) is 0 Å². The molecule has 1 fully saturated rings. The molecule has 2 rings (SSSR count). The Morgan fingerprint density at radius 2 is 1.95 bits per heavy atom. The van der Waals surface area contributed by atoms with Gasteiger partial charge in [0.2, 0.25) is 5.91 Å². The normalized spacial score (nSPS) is 18.6. The molecule has 0 heterocycles. The van der Waals surface area contributed by atoms with Crippen molar-refractivity contribution in [3.8, 4) is 0 Å². The minimum absolute atomic E-state index is 0.175. The maximum Gasteiger partial charge on any atom is 0.308 e. The van der Waals surface area contributed by atoms with Gasteiger partial charge in [0, 0.05) is 6.04 Å². The lowest BCUT2D eigenvalue weighted by Gasteiger charge is -2.22. The molecule has 1 amide bonds. The fourth-order valence-electron chi connectivity index (χ4n) is 2.34. The molecule has 0 bridgehead atoms. The first kappa shape index (κ1) is 15.5. The van der Waals surface area contributed by atoms with E-state index in [2.05, 4.69) is 5.32 Å². The molecule has 0 aliphatic heterocycles. The van der Waals surface area contributed by atoms with Crippen LogP contribution in [0.4, 0.5) is 4.39 Å². The molecule has 0 spiro atoms. The highest BCUT2D eigenvalue weighted by Crippen LogP contribution is 2.49. The van der Waals surface area contributed by atoms with Crippen LogP contribution in [0, 0.1) is 17.2 Å². The first-order valence-electron chi connectivity index (χ1n) is 7.13. The Labute approximate surface area is 123 Å². The monoisotopic (exact) mass is 293 g/mol. The summed E-state index contributed by atoms with van der Waals surface area (Å²) in [4.78, 5) is 23.3. The summed E-state index contributed by atoms with van der Waals surface area (Å²) in [6.45, 7) is 3.24. The van der Waals surface area contributed by atoms with Gasteiger partial charge in [-0.1, -0.05) is 18.2 Å². The fraction of sp³-hybridized carbons (Fsp3) is 0.500. The number of aliphatic carboxylic acids is 1. The predicted octanol–water partition coefficient (Wildman–Crippen LogP) is 2.37. The second-order valence-electron chi connectivity index (χ2n) is 5.94. The van der Waals surface area contributed by atoms with E-state index in [0.717, 1.165) is 0 Å². The van der Waals surface area contributed by atoms with Crippen molar-refractivity contribution in [3.63, 3.8) is 0 Å². The molecule has 2 unspecified atom stereocenters. The molecule has 0 saturated heterocycles. The van der Waals surface area contributed by atoms with Crippen molar-refractivity contribution < 1.29 is 19.1 Å². The highest BCUT2D eigenvalue weighted by atomic mass is 19.1. The Balaban J connectivity index is 2.02. The Hall–Kier alpha value is -1.91.